The monoisotopic (exact) mass is 1010 g/mol. The first-order valence-corrected chi connectivity index (χ1v) is 33.5. The fraction of sp³-hybridized carbons (Fsp3) is 0.549. The van der Waals surface area contributed by atoms with Gasteiger partial charge in [0.1, 0.15) is 0 Å². The topological polar surface area (TPSA) is 0 Å². The van der Waals surface area contributed by atoms with Crippen LogP contribution in [-0.4, -0.2) is 16.1 Å². The van der Waals surface area contributed by atoms with E-state index in [9.17, 15) is 0 Å². The molecule has 0 aliphatic rings. The molecule has 0 heterocycles. The third kappa shape index (κ3) is 9.44. The summed E-state index contributed by atoms with van der Waals surface area (Å²) in [5.74, 6) is 3.12. The maximum absolute atomic E-state index is 2.74. The average Bonchev–Trinajstić information content (AvgIpc) is 3.25. The Morgan fingerprint density at radius 1 is 0.329 bits per heavy atom. The molecule has 7 rings (SSSR count). The van der Waals surface area contributed by atoms with E-state index in [1.807, 2.05) is 0 Å². The van der Waals surface area contributed by atoms with Crippen molar-refractivity contribution < 1.29 is 0 Å². The molecule has 0 aliphatic carbocycles. The lowest BCUT2D eigenvalue weighted by atomic mass is 9.79. The maximum Gasteiger partial charge on any atom is 0.0983 e. The lowest BCUT2D eigenvalue weighted by molar-refractivity contribution is 0.586. The van der Waals surface area contributed by atoms with Crippen LogP contribution in [0.5, 0.6) is 0 Å². The molecular formula is C71H102Si2. The minimum Gasteiger partial charge on any atom is -0.0630 e. The number of hydrogen-bond donors (Lipinski definition) is 0. The van der Waals surface area contributed by atoms with Gasteiger partial charge in [-0.1, -0.05) is 257 Å². The molecule has 0 unspecified atom stereocenters. The van der Waals surface area contributed by atoms with Gasteiger partial charge in [0, 0.05) is 0 Å². The van der Waals surface area contributed by atoms with Crippen LogP contribution in [0.3, 0.4) is 0 Å². The van der Waals surface area contributed by atoms with Gasteiger partial charge in [0.15, 0.2) is 0 Å². The second-order valence-corrected chi connectivity index (χ2v) is 41.4. The molecule has 7 aromatic rings. The van der Waals surface area contributed by atoms with Crippen LogP contribution in [0.15, 0.2) is 78.9 Å². The molecule has 0 aromatic heterocycles. The lowest BCUT2D eigenvalue weighted by Gasteiger charge is -2.54. The van der Waals surface area contributed by atoms with E-state index in [-0.39, 0.29) is 20.2 Å². The minimum atomic E-state index is -2.40. The van der Waals surface area contributed by atoms with Crippen molar-refractivity contribution in [2.75, 3.05) is 0 Å². The van der Waals surface area contributed by atoms with Crippen LogP contribution in [0.4, 0.5) is 0 Å². The summed E-state index contributed by atoms with van der Waals surface area (Å²) in [6.07, 6.45) is 0. The van der Waals surface area contributed by atoms with Crippen LogP contribution in [0.2, 0.25) is 32.2 Å². The first-order valence-electron chi connectivity index (χ1n) is 29.1. The van der Waals surface area contributed by atoms with Crippen molar-refractivity contribution in [1.82, 2.24) is 0 Å². The second-order valence-electron chi connectivity index (χ2n) is 29.9. The molecule has 2 heteroatoms. The number of benzene rings is 7. The lowest BCUT2D eigenvalue weighted by Crippen LogP contribution is -2.62. The molecule has 394 valence electrons. The zero-order chi connectivity index (χ0) is 54.6. The Morgan fingerprint density at radius 2 is 0.630 bits per heavy atom. The largest absolute Gasteiger partial charge is 0.0983 e. The fourth-order valence-electron chi connectivity index (χ4n) is 15.6. The van der Waals surface area contributed by atoms with E-state index in [0.717, 1.165) is 0 Å². The van der Waals surface area contributed by atoms with Crippen LogP contribution >= 0.6 is 0 Å². The molecule has 0 N–H and O–H groups in total. The van der Waals surface area contributed by atoms with Crippen molar-refractivity contribution in [2.24, 2.45) is 11.8 Å². The highest BCUT2D eigenvalue weighted by molar-refractivity contribution is 6.98. The van der Waals surface area contributed by atoms with Crippen molar-refractivity contribution in [3.63, 3.8) is 0 Å². The molecule has 0 saturated heterocycles. The second kappa shape index (κ2) is 19.7. The molecule has 0 amide bonds. The number of fused-ring (bicyclic) bond motifs is 2. The quantitative estimate of drug-likeness (QED) is 0.0613. The average molecular weight is 1010 g/mol. The van der Waals surface area contributed by atoms with Gasteiger partial charge in [0.2, 0.25) is 0 Å². The minimum absolute atomic E-state index is 0.105. The Kier molecular flexibility index (Phi) is 15.4. The fourth-order valence-corrected chi connectivity index (χ4v) is 30.7. The summed E-state index contributed by atoms with van der Waals surface area (Å²) in [5.41, 5.74) is 13.1. The summed E-state index contributed by atoms with van der Waals surface area (Å²) in [6, 6.07) is 36.4. The zero-order valence-electron chi connectivity index (χ0n) is 51.5. The van der Waals surface area contributed by atoms with Gasteiger partial charge in [0.05, 0.1) is 16.1 Å². The summed E-state index contributed by atoms with van der Waals surface area (Å²) in [6.45, 7) is 65.2. The van der Waals surface area contributed by atoms with E-state index < -0.39 is 16.1 Å². The smallest absolute Gasteiger partial charge is 0.0630 e. The van der Waals surface area contributed by atoms with E-state index in [2.05, 4.69) is 259 Å². The van der Waals surface area contributed by atoms with E-state index in [4.69, 9.17) is 0 Å². The molecule has 7 aromatic carbocycles. The molecule has 0 saturated carbocycles. The Morgan fingerprint density at radius 3 is 0.904 bits per heavy atom. The zero-order valence-corrected chi connectivity index (χ0v) is 53.5. The van der Waals surface area contributed by atoms with Gasteiger partial charge < -0.3 is 0 Å². The first kappa shape index (κ1) is 57.0. The molecule has 0 spiro atoms. The predicted octanol–water partition coefficient (Wildman–Crippen LogP) is 22.5. The van der Waals surface area contributed by atoms with Crippen molar-refractivity contribution >= 4 is 69.6 Å². The third-order valence-corrected chi connectivity index (χ3v) is 34.2. The molecule has 73 heavy (non-hydrogen) atoms. The SMILES string of the molecule is CC(C)C[Si](c1ccc2c3ccc([Si](CC(C)C)(C(C)(C)C)C(C)(C)C)c4cc(-c5c(C(C)C)cc(C(C)C)cc5C(C)C)cc(c5cc(-c6c(C(C)C)cccc6C(C)C)cc1c25)c43)(C(C)(C)C)C(C)(C)C. The Labute approximate surface area is 449 Å². The highest BCUT2D eigenvalue weighted by Crippen LogP contribution is 2.58. The Balaban J connectivity index is 1.91. The first-order chi connectivity index (χ1) is 33.5. The van der Waals surface area contributed by atoms with Gasteiger partial charge in [-0.2, -0.15) is 0 Å². The summed E-state index contributed by atoms with van der Waals surface area (Å²) >= 11 is 0. The van der Waals surface area contributed by atoms with Crippen LogP contribution in [0.1, 0.15) is 237 Å². The predicted molar refractivity (Wildman–Crippen MR) is 338 cm³/mol. The van der Waals surface area contributed by atoms with E-state index in [0.29, 0.717) is 41.4 Å². The normalized spacial score (nSPS) is 14.0. The van der Waals surface area contributed by atoms with Crippen LogP contribution in [0.25, 0.3) is 65.3 Å². The molecule has 0 radical (unpaired) electrons. The molecule has 0 nitrogen and oxygen atoms in total. The standard InChI is InChI=1S/C71H102Si2/c1-42(2)40-72(68(15,16)17,69(18,19)20)62-32-30-54-55-31-33-63(73(41-43(3)4,70(21,22)23)71(24,25)26)61-39-51(65-56(47(11)12)34-49(44(5)6)35-57(65)48(13)14)37-59(67(55)61)58-36-50(38-60(62)66(54)58)64-52(45(7)8)28-27-29-53(64)46(9)10/h27-39,42-48H,40-41H2,1-26H3. The molecule has 0 fully saturated rings. The van der Waals surface area contributed by atoms with Crippen molar-refractivity contribution in [1.29, 1.82) is 0 Å². The third-order valence-electron chi connectivity index (χ3n) is 18.4. The molecule has 0 atom stereocenters. The Bertz CT molecular complexity index is 3050. The van der Waals surface area contributed by atoms with E-state index >= 15 is 0 Å². The Hall–Kier alpha value is -3.73. The summed E-state index contributed by atoms with van der Waals surface area (Å²) < 4.78 is 0. The molecule has 0 bridgehead atoms. The van der Waals surface area contributed by atoms with Gasteiger partial charge in [-0.15, -0.1) is 0 Å². The van der Waals surface area contributed by atoms with Gasteiger partial charge in [-0.25, -0.2) is 0 Å². The van der Waals surface area contributed by atoms with E-state index in [1.165, 1.54) is 105 Å². The molecular weight excluding hydrogens is 909 g/mol. The summed E-state index contributed by atoms with van der Waals surface area (Å²) in [5, 5.41) is 15.4. The highest BCUT2D eigenvalue weighted by Gasteiger charge is 2.56. The van der Waals surface area contributed by atoms with Crippen LogP contribution < -0.4 is 10.4 Å². The van der Waals surface area contributed by atoms with Crippen molar-refractivity contribution in [3.05, 3.63) is 107 Å². The van der Waals surface area contributed by atoms with Crippen LogP contribution in [0, 0.1) is 11.8 Å². The summed E-state index contributed by atoms with van der Waals surface area (Å²) in [4.78, 5) is 0. The summed E-state index contributed by atoms with van der Waals surface area (Å²) in [7, 11) is -4.79. The van der Waals surface area contributed by atoms with E-state index in [1.54, 1.807) is 10.4 Å². The van der Waals surface area contributed by atoms with Crippen LogP contribution in [-0.2, 0) is 0 Å². The maximum atomic E-state index is 2.74. The van der Waals surface area contributed by atoms with Gasteiger partial charge in [-0.05, 0) is 179 Å². The highest BCUT2D eigenvalue weighted by atomic mass is 28.3. The molecule has 0 aliphatic heterocycles. The van der Waals surface area contributed by atoms with Gasteiger partial charge >= 0.3 is 0 Å². The van der Waals surface area contributed by atoms with Crippen molar-refractivity contribution in [2.45, 2.75) is 242 Å². The van der Waals surface area contributed by atoms with Gasteiger partial charge in [0.25, 0.3) is 0 Å². The number of rotatable bonds is 13. The number of hydrogen-bond acceptors (Lipinski definition) is 0. The van der Waals surface area contributed by atoms with Crippen molar-refractivity contribution in [3.8, 4) is 22.3 Å². The van der Waals surface area contributed by atoms with Gasteiger partial charge in [-0.3, -0.25) is 0 Å².